The maximum Gasteiger partial charge on any atom is 0.198 e. The van der Waals surface area contributed by atoms with Crippen molar-refractivity contribution in [2.45, 2.75) is 5.37 Å². The van der Waals surface area contributed by atoms with Crippen molar-refractivity contribution in [1.82, 2.24) is 5.01 Å². The second-order valence-corrected chi connectivity index (χ2v) is 7.01. The van der Waals surface area contributed by atoms with Crippen molar-refractivity contribution in [2.75, 3.05) is 13.3 Å². The average Bonchev–Trinajstić information content (AvgIpc) is 2.89. The molecule has 25 heavy (non-hydrogen) atoms. The summed E-state index contributed by atoms with van der Waals surface area (Å²) >= 11 is 7.61. The maximum atomic E-state index is 13.5. The third kappa shape index (κ3) is 2.81. The third-order valence-electron chi connectivity index (χ3n) is 4.16. The summed E-state index contributed by atoms with van der Waals surface area (Å²) in [4.78, 5) is 12.9. The first-order valence-corrected chi connectivity index (χ1v) is 9.02. The van der Waals surface area contributed by atoms with E-state index in [-0.39, 0.29) is 38.7 Å². The van der Waals surface area contributed by atoms with E-state index in [9.17, 15) is 14.4 Å². The van der Waals surface area contributed by atoms with E-state index in [1.54, 1.807) is 29.9 Å². The molecular formula is C17H14ClFN4OS. The number of hydrogen-bond acceptors (Lipinski definition) is 6. The van der Waals surface area contributed by atoms with Gasteiger partial charge in [-0.1, -0.05) is 11.6 Å². The fraction of sp³-hybridized carbons (Fsp3) is 0.235. The minimum absolute atomic E-state index is 0.00805. The highest BCUT2D eigenvalue weighted by Crippen LogP contribution is 2.38. The summed E-state index contributed by atoms with van der Waals surface area (Å²) in [5.41, 5.74) is 6.87. The van der Waals surface area contributed by atoms with Gasteiger partial charge in [0.25, 0.3) is 0 Å². The predicted molar refractivity (Wildman–Crippen MR) is 96.6 cm³/mol. The van der Waals surface area contributed by atoms with Crippen molar-refractivity contribution in [3.8, 4) is 6.07 Å². The molecule has 2 aliphatic rings. The maximum absolute atomic E-state index is 13.5. The van der Waals surface area contributed by atoms with Crippen molar-refractivity contribution in [3.63, 3.8) is 0 Å². The number of nitriles is 1. The number of thioether (sulfide) groups is 1. The van der Waals surface area contributed by atoms with Crippen LogP contribution >= 0.6 is 23.4 Å². The van der Waals surface area contributed by atoms with Crippen molar-refractivity contribution >= 4 is 34.9 Å². The topological polar surface area (TPSA) is 82.5 Å². The molecule has 1 aliphatic heterocycles. The number of hydrazone groups is 1. The highest BCUT2D eigenvalue weighted by Gasteiger charge is 2.41. The number of nitrogens with zero attached hydrogens (tertiary/aromatic N) is 3. The highest BCUT2D eigenvalue weighted by molar-refractivity contribution is 7.99. The zero-order chi connectivity index (χ0) is 18.3. The highest BCUT2D eigenvalue weighted by atomic mass is 35.5. The second-order valence-electron chi connectivity index (χ2n) is 5.65. The number of Topliss-reactive ketones (excluding diaryl/α,β-unsaturated/α-hetero) is 1. The molecule has 3 rings (SSSR count). The van der Waals surface area contributed by atoms with Gasteiger partial charge in [-0.2, -0.15) is 10.4 Å². The van der Waals surface area contributed by atoms with E-state index in [0.29, 0.717) is 5.71 Å². The lowest BCUT2D eigenvalue weighted by atomic mass is 9.83. The molecule has 0 bridgehead atoms. The Morgan fingerprint density at radius 2 is 2.24 bits per heavy atom. The van der Waals surface area contributed by atoms with Gasteiger partial charge in [0.2, 0.25) is 0 Å². The Bertz CT molecular complexity index is 902. The van der Waals surface area contributed by atoms with E-state index in [2.05, 4.69) is 5.10 Å². The number of hydrogen-bond donors (Lipinski definition) is 1. The molecule has 2 N–H and O–H groups in total. The molecule has 0 amide bonds. The van der Waals surface area contributed by atoms with Crippen LogP contribution in [0.3, 0.4) is 0 Å². The third-order valence-corrected chi connectivity index (χ3v) is 5.57. The smallest absolute Gasteiger partial charge is 0.198 e. The SMILES string of the molecule is CSC1C2C=C(N)C(C(=O)c3cc(F)ccc3Cl)=C(C#N)C2=NN1C. The van der Waals surface area contributed by atoms with Gasteiger partial charge in [-0.3, -0.25) is 9.80 Å². The number of ketones is 1. The van der Waals surface area contributed by atoms with Gasteiger partial charge in [0.1, 0.15) is 17.3 Å². The van der Waals surface area contributed by atoms with Gasteiger partial charge in [-0.05, 0) is 30.5 Å². The van der Waals surface area contributed by atoms with Crippen LogP contribution in [0.15, 0.2) is 46.2 Å². The Morgan fingerprint density at radius 1 is 1.52 bits per heavy atom. The van der Waals surface area contributed by atoms with Crippen molar-refractivity contribution in [2.24, 2.45) is 16.8 Å². The lowest BCUT2D eigenvalue weighted by Crippen LogP contribution is -2.32. The van der Waals surface area contributed by atoms with Crippen LogP contribution in [-0.4, -0.2) is 35.2 Å². The fourth-order valence-electron chi connectivity index (χ4n) is 3.05. The van der Waals surface area contributed by atoms with Gasteiger partial charge in [-0.25, -0.2) is 4.39 Å². The normalized spacial score (nSPS) is 22.3. The molecular weight excluding hydrogens is 363 g/mol. The minimum Gasteiger partial charge on any atom is -0.398 e. The largest absolute Gasteiger partial charge is 0.398 e. The van der Waals surface area contributed by atoms with Crippen LogP contribution in [0.5, 0.6) is 0 Å². The molecule has 8 heteroatoms. The molecule has 5 nitrogen and oxygen atoms in total. The lowest BCUT2D eigenvalue weighted by molar-refractivity contribution is 0.103. The molecule has 1 heterocycles. The molecule has 0 saturated carbocycles. The first-order valence-electron chi connectivity index (χ1n) is 7.35. The van der Waals surface area contributed by atoms with Crippen LogP contribution in [0.1, 0.15) is 10.4 Å². The molecule has 2 atom stereocenters. The van der Waals surface area contributed by atoms with Crippen LogP contribution in [-0.2, 0) is 0 Å². The molecule has 0 radical (unpaired) electrons. The summed E-state index contributed by atoms with van der Waals surface area (Å²) in [7, 11) is 1.80. The molecule has 1 aliphatic carbocycles. The number of halogens is 2. The van der Waals surface area contributed by atoms with Crippen LogP contribution in [0.2, 0.25) is 5.02 Å². The molecule has 0 saturated heterocycles. The van der Waals surface area contributed by atoms with Gasteiger partial charge in [-0.15, -0.1) is 11.8 Å². The molecule has 1 aromatic rings. The molecule has 2 unspecified atom stereocenters. The Hall–Kier alpha value is -2.30. The van der Waals surface area contributed by atoms with E-state index in [1.165, 1.54) is 6.07 Å². The second kappa shape index (κ2) is 6.54. The molecule has 0 spiro atoms. The summed E-state index contributed by atoms with van der Waals surface area (Å²) in [6.45, 7) is 0. The molecule has 1 aromatic carbocycles. The van der Waals surface area contributed by atoms with Crippen molar-refractivity contribution in [3.05, 3.63) is 57.5 Å². The van der Waals surface area contributed by atoms with Crippen LogP contribution in [0, 0.1) is 23.1 Å². The number of allylic oxidation sites excluding steroid dienone is 2. The quantitative estimate of drug-likeness (QED) is 0.820. The van der Waals surface area contributed by atoms with Gasteiger partial charge in [0.15, 0.2) is 5.78 Å². The summed E-state index contributed by atoms with van der Waals surface area (Å²) in [5.74, 6) is -1.37. The number of fused-ring (bicyclic) bond motifs is 1. The first kappa shape index (κ1) is 17.5. The predicted octanol–water partition coefficient (Wildman–Crippen LogP) is 2.94. The number of benzene rings is 1. The van der Waals surface area contributed by atoms with Crippen LogP contribution < -0.4 is 5.73 Å². The average molecular weight is 377 g/mol. The monoisotopic (exact) mass is 376 g/mol. The summed E-state index contributed by atoms with van der Waals surface area (Å²) in [6, 6.07) is 5.54. The molecule has 0 fully saturated rings. The summed E-state index contributed by atoms with van der Waals surface area (Å²) in [6.07, 6.45) is 3.66. The van der Waals surface area contributed by atoms with E-state index in [1.807, 2.05) is 12.3 Å². The van der Waals surface area contributed by atoms with E-state index in [0.717, 1.165) is 12.1 Å². The van der Waals surface area contributed by atoms with Crippen LogP contribution in [0.4, 0.5) is 4.39 Å². The molecule has 0 aromatic heterocycles. The fourth-order valence-corrected chi connectivity index (χ4v) is 4.11. The Kier molecular flexibility index (Phi) is 4.58. The first-order chi connectivity index (χ1) is 11.9. The zero-order valence-corrected chi connectivity index (χ0v) is 15.0. The zero-order valence-electron chi connectivity index (χ0n) is 13.5. The van der Waals surface area contributed by atoms with Gasteiger partial charge < -0.3 is 5.73 Å². The van der Waals surface area contributed by atoms with E-state index >= 15 is 0 Å². The van der Waals surface area contributed by atoms with Gasteiger partial charge in [0.05, 0.1) is 27.8 Å². The Labute approximate surface area is 153 Å². The number of nitrogens with two attached hydrogens (primary N) is 1. The summed E-state index contributed by atoms with van der Waals surface area (Å²) in [5, 5.41) is 15.9. The Morgan fingerprint density at radius 3 is 2.88 bits per heavy atom. The lowest BCUT2D eigenvalue weighted by Gasteiger charge is -2.24. The number of carbonyl (C=O) groups is 1. The molecule has 128 valence electrons. The van der Waals surface area contributed by atoms with E-state index < -0.39 is 11.6 Å². The summed E-state index contributed by atoms with van der Waals surface area (Å²) < 4.78 is 13.5. The van der Waals surface area contributed by atoms with Gasteiger partial charge >= 0.3 is 0 Å². The van der Waals surface area contributed by atoms with Crippen molar-refractivity contribution in [1.29, 1.82) is 5.26 Å². The standard InChI is InChI=1S/C17H14ClFN4OS/c1-23-17(25-2)10-6-13(21)14(11(7-20)15(10)22-23)16(24)9-5-8(19)3-4-12(9)18/h3-6,10,17H,21H2,1-2H3. The van der Waals surface area contributed by atoms with Crippen LogP contribution in [0.25, 0.3) is 0 Å². The van der Waals surface area contributed by atoms with E-state index in [4.69, 9.17) is 17.3 Å². The minimum atomic E-state index is -0.594. The number of carbonyl (C=O) groups excluding carboxylic acids is 1. The number of rotatable bonds is 3. The van der Waals surface area contributed by atoms with Gasteiger partial charge in [0, 0.05) is 18.3 Å². The van der Waals surface area contributed by atoms with Crippen molar-refractivity contribution < 1.29 is 9.18 Å². The Balaban J connectivity index is 2.15.